The topological polar surface area (TPSA) is 53.4 Å². The van der Waals surface area contributed by atoms with Gasteiger partial charge in [0.05, 0.1) is 11.6 Å². The molecule has 1 aromatic heterocycles. The maximum atomic E-state index is 8.98. The van der Waals surface area contributed by atoms with Crippen LogP contribution in [0.1, 0.15) is 5.69 Å². The predicted octanol–water partition coefficient (Wildman–Crippen LogP) is 0.933. The van der Waals surface area contributed by atoms with E-state index in [1.807, 2.05) is 0 Å². The summed E-state index contributed by atoms with van der Waals surface area (Å²) in [6, 6.07) is 1.33. The second kappa shape index (κ2) is 2.86. The SMILES string of the molecule is OCc1ncc(Cl)cc1O. The first-order chi connectivity index (χ1) is 4.74. The molecule has 0 saturated heterocycles. The van der Waals surface area contributed by atoms with E-state index >= 15 is 0 Å². The van der Waals surface area contributed by atoms with E-state index in [-0.39, 0.29) is 18.1 Å². The fourth-order valence-corrected chi connectivity index (χ4v) is 0.731. The summed E-state index contributed by atoms with van der Waals surface area (Å²) in [6.45, 7) is -0.275. The third kappa shape index (κ3) is 1.37. The number of aliphatic hydroxyl groups excluding tert-OH is 1. The minimum absolute atomic E-state index is 0.0741. The Morgan fingerprint density at radius 2 is 2.30 bits per heavy atom. The normalized spacial score (nSPS) is 9.80. The highest BCUT2D eigenvalue weighted by atomic mass is 35.5. The van der Waals surface area contributed by atoms with Crippen LogP contribution in [0.25, 0.3) is 0 Å². The highest BCUT2D eigenvalue weighted by Crippen LogP contribution is 2.18. The Morgan fingerprint density at radius 3 is 2.80 bits per heavy atom. The van der Waals surface area contributed by atoms with Crippen LogP contribution in [0.2, 0.25) is 5.02 Å². The Morgan fingerprint density at radius 1 is 1.60 bits per heavy atom. The van der Waals surface area contributed by atoms with Crippen molar-refractivity contribution >= 4 is 11.6 Å². The third-order valence-electron chi connectivity index (χ3n) is 1.06. The van der Waals surface area contributed by atoms with Gasteiger partial charge >= 0.3 is 0 Å². The summed E-state index contributed by atoms with van der Waals surface area (Å²) in [6.07, 6.45) is 1.37. The van der Waals surface area contributed by atoms with Crippen molar-refractivity contribution in [1.29, 1.82) is 0 Å². The van der Waals surface area contributed by atoms with Crippen molar-refractivity contribution in [1.82, 2.24) is 4.98 Å². The summed E-state index contributed by atoms with van der Waals surface area (Å²) in [4.78, 5) is 3.66. The molecule has 0 spiro atoms. The molecule has 54 valence electrons. The van der Waals surface area contributed by atoms with E-state index in [9.17, 15) is 0 Å². The fraction of sp³-hybridized carbons (Fsp3) is 0.167. The first kappa shape index (κ1) is 7.31. The quantitative estimate of drug-likeness (QED) is 0.641. The lowest BCUT2D eigenvalue weighted by Gasteiger charge is -1.97. The summed E-state index contributed by atoms with van der Waals surface area (Å²) in [5, 5.41) is 17.9. The minimum Gasteiger partial charge on any atom is -0.506 e. The maximum Gasteiger partial charge on any atom is 0.140 e. The molecule has 0 unspecified atom stereocenters. The highest BCUT2D eigenvalue weighted by Gasteiger charge is 2.00. The van der Waals surface area contributed by atoms with Gasteiger partial charge in [0.15, 0.2) is 0 Å². The van der Waals surface area contributed by atoms with Crippen LogP contribution in [0, 0.1) is 0 Å². The van der Waals surface area contributed by atoms with Gasteiger partial charge < -0.3 is 10.2 Å². The predicted molar refractivity (Wildman–Crippen MR) is 36.8 cm³/mol. The maximum absolute atomic E-state index is 8.98. The van der Waals surface area contributed by atoms with Gasteiger partial charge in [0.1, 0.15) is 11.4 Å². The van der Waals surface area contributed by atoms with E-state index < -0.39 is 0 Å². The van der Waals surface area contributed by atoms with Crippen LogP contribution in [-0.4, -0.2) is 15.2 Å². The molecule has 10 heavy (non-hydrogen) atoms. The second-order valence-corrected chi connectivity index (χ2v) is 2.21. The van der Waals surface area contributed by atoms with Crippen LogP contribution in [-0.2, 0) is 6.61 Å². The molecule has 0 radical (unpaired) electrons. The van der Waals surface area contributed by atoms with Crippen LogP contribution >= 0.6 is 11.6 Å². The minimum atomic E-state index is -0.275. The number of aromatic hydroxyl groups is 1. The van der Waals surface area contributed by atoms with Gasteiger partial charge in [-0.1, -0.05) is 11.6 Å². The number of rotatable bonds is 1. The third-order valence-corrected chi connectivity index (χ3v) is 1.27. The van der Waals surface area contributed by atoms with Crippen LogP contribution in [0.4, 0.5) is 0 Å². The van der Waals surface area contributed by atoms with Gasteiger partial charge in [-0.25, -0.2) is 0 Å². The van der Waals surface area contributed by atoms with E-state index in [1.54, 1.807) is 0 Å². The molecule has 1 rings (SSSR count). The molecule has 0 saturated carbocycles. The zero-order chi connectivity index (χ0) is 7.56. The monoisotopic (exact) mass is 159 g/mol. The molecule has 0 amide bonds. The molecule has 0 aliphatic carbocycles. The van der Waals surface area contributed by atoms with Gasteiger partial charge in [0, 0.05) is 12.3 Å². The zero-order valence-corrected chi connectivity index (χ0v) is 5.84. The van der Waals surface area contributed by atoms with Crippen LogP contribution in [0.5, 0.6) is 5.75 Å². The first-order valence-electron chi connectivity index (χ1n) is 2.68. The lowest BCUT2D eigenvalue weighted by molar-refractivity contribution is 0.270. The van der Waals surface area contributed by atoms with Gasteiger partial charge in [-0.3, -0.25) is 4.98 Å². The Bertz CT molecular complexity index is 239. The van der Waals surface area contributed by atoms with Crippen LogP contribution < -0.4 is 0 Å². The van der Waals surface area contributed by atoms with E-state index in [0.717, 1.165) is 0 Å². The fourth-order valence-electron chi connectivity index (χ4n) is 0.579. The Hall–Kier alpha value is -0.800. The Balaban J connectivity index is 3.07. The molecule has 3 nitrogen and oxygen atoms in total. The number of aromatic nitrogens is 1. The van der Waals surface area contributed by atoms with E-state index in [4.69, 9.17) is 21.8 Å². The molecule has 2 N–H and O–H groups in total. The molecule has 0 aromatic carbocycles. The number of aliphatic hydroxyl groups is 1. The number of nitrogens with zero attached hydrogens (tertiary/aromatic N) is 1. The van der Waals surface area contributed by atoms with Crippen molar-refractivity contribution in [2.24, 2.45) is 0 Å². The van der Waals surface area contributed by atoms with Gasteiger partial charge in [-0.15, -0.1) is 0 Å². The molecule has 1 heterocycles. The standard InChI is InChI=1S/C6H6ClNO2/c7-4-1-6(10)5(3-9)8-2-4/h1-2,9-10H,3H2. The van der Waals surface area contributed by atoms with Crippen LogP contribution in [0.3, 0.4) is 0 Å². The Labute approximate surface area is 62.9 Å². The van der Waals surface area contributed by atoms with Gasteiger partial charge in [0.2, 0.25) is 0 Å². The van der Waals surface area contributed by atoms with Crippen molar-refractivity contribution in [2.45, 2.75) is 6.61 Å². The summed E-state index contributed by atoms with van der Waals surface area (Å²) < 4.78 is 0. The summed E-state index contributed by atoms with van der Waals surface area (Å²) in [5.74, 6) is -0.0741. The smallest absolute Gasteiger partial charge is 0.140 e. The largest absolute Gasteiger partial charge is 0.506 e. The summed E-state index contributed by atoms with van der Waals surface area (Å²) in [5.41, 5.74) is 0.240. The van der Waals surface area contributed by atoms with Crippen LogP contribution in [0.15, 0.2) is 12.3 Å². The highest BCUT2D eigenvalue weighted by molar-refractivity contribution is 6.30. The molecule has 0 atom stereocenters. The number of hydrogen-bond donors (Lipinski definition) is 2. The lowest BCUT2D eigenvalue weighted by atomic mass is 10.3. The van der Waals surface area contributed by atoms with E-state index in [2.05, 4.69) is 4.98 Å². The second-order valence-electron chi connectivity index (χ2n) is 1.78. The van der Waals surface area contributed by atoms with E-state index in [1.165, 1.54) is 12.3 Å². The molecular weight excluding hydrogens is 154 g/mol. The molecule has 0 fully saturated rings. The first-order valence-corrected chi connectivity index (χ1v) is 3.06. The molecule has 1 aromatic rings. The van der Waals surface area contributed by atoms with Crippen molar-refractivity contribution in [3.63, 3.8) is 0 Å². The summed E-state index contributed by atoms with van der Waals surface area (Å²) >= 11 is 5.47. The van der Waals surface area contributed by atoms with Crippen molar-refractivity contribution in [3.8, 4) is 5.75 Å². The van der Waals surface area contributed by atoms with Gasteiger partial charge in [-0.2, -0.15) is 0 Å². The molecular formula is C6H6ClNO2. The average molecular weight is 160 g/mol. The van der Waals surface area contributed by atoms with Crippen molar-refractivity contribution in [2.75, 3.05) is 0 Å². The molecule has 0 aliphatic rings. The zero-order valence-electron chi connectivity index (χ0n) is 5.08. The lowest BCUT2D eigenvalue weighted by Crippen LogP contribution is -1.88. The molecule has 0 bridgehead atoms. The number of hydrogen-bond acceptors (Lipinski definition) is 3. The van der Waals surface area contributed by atoms with Gasteiger partial charge in [-0.05, 0) is 0 Å². The van der Waals surface area contributed by atoms with Gasteiger partial charge in [0.25, 0.3) is 0 Å². The number of pyridine rings is 1. The molecule has 0 aliphatic heterocycles. The molecule has 4 heteroatoms. The van der Waals surface area contributed by atoms with Crippen molar-refractivity contribution in [3.05, 3.63) is 23.0 Å². The average Bonchev–Trinajstić information content (AvgIpc) is 1.88. The van der Waals surface area contributed by atoms with Crippen molar-refractivity contribution < 1.29 is 10.2 Å². The number of halogens is 1. The van der Waals surface area contributed by atoms with E-state index in [0.29, 0.717) is 5.02 Å². The Kier molecular flexibility index (Phi) is 2.09. The summed E-state index contributed by atoms with van der Waals surface area (Å²) in [7, 11) is 0.